The summed E-state index contributed by atoms with van der Waals surface area (Å²) in [5, 5.41) is 23.4. The van der Waals surface area contributed by atoms with Crippen LogP contribution in [0.25, 0.3) is 11.1 Å². The molecule has 0 spiro atoms. The second-order valence-corrected chi connectivity index (χ2v) is 8.14. The Morgan fingerprint density at radius 1 is 1.13 bits per heavy atom. The predicted octanol–water partition coefficient (Wildman–Crippen LogP) is 2.91. The fourth-order valence-electron chi connectivity index (χ4n) is 2.95. The zero-order valence-electron chi connectivity index (χ0n) is 18.8. The molecule has 0 saturated heterocycles. The van der Waals surface area contributed by atoms with Gasteiger partial charge in [-0.1, -0.05) is 35.9 Å². The van der Waals surface area contributed by atoms with Crippen molar-refractivity contribution in [1.82, 2.24) is 31.1 Å². The van der Waals surface area contributed by atoms with Crippen molar-refractivity contribution in [3.8, 4) is 11.1 Å². The second kappa shape index (κ2) is 11.7. The van der Waals surface area contributed by atoms with Crippen LogP contribution in [-0.4, -0.2) is 74.0 Å². The number of halogens is 7. The Morgan fingerprint density at radius 2 is 1.82 bits per heavy atom. The van der Waals surface area contributed by atoms with Crippen molar-refractivity contribution >= 4 is 23.5 Å². The number of nitrogens with zero attached hydrogens (tertiary/aromatic N) is 4. The molecule has 0 unspecified atom stereocenters. The minimum Gasteiger partial charge on any atom is -0.457 e. The quantitative estimate of drug-likeness (QED) is 0.194. The monoisotopic (exact) mass is 566 g/mol. The first-order valence-electron chi connectivity index (χ1n) is 10.4. The van der Waals surface area contributed by atoms with Gasteiger partial charge < -0.3 is 9.84 Å². The Bertz CT molecular complexity index is 1260. The van der Waals surface area contributed by atoms with Crippen LogP contribution < -0.4 is 5.43 Å². The number of benzene rings is 2. The summed E-state index contributed by atoms with van der Waals surface area (Å²) in [6.45, 7) is -3.38. The Labute approximate surface area is 214 Å². The number of rotatable bonds is 10. The molecule has 3 rings (SSSR count). The van der Waals surface area contributed by atoms with Crippen molar-refractivity contribution in [3.05, 3.63) is 64.7 Å². The molecule has 0 bridgehead atoms. The molecule has 0 radical (unpaired) electrons. The van der Waals surface area contributed by atoms with E-state index in [1.54, 1.807) is 0 Å². The molecule has 1 amide bonds. The SMILES string of the molecule is O=C(NN(Cc1ccc(-c2cc(Cl)ccc2F)cc1)C[C@@H](O)C(=O)OCC(F)(F)C(F)(F)F)c1nn[nH]n1. The minimum absolute atomic E-state index is 0.208. The van der Waals surface area contributed by atoms with E-state index < -0.39 is 54.9 Å². The normalized spacial score (nSPS) is 12.9. The number of carbonyl (C=O) groups is 2. The summed E-state index contributed by atoms with van der Waals surface area (Å²) in [7, 11) is 0. The fraction of sp³-hybridized carbons (Fsp3) is 0.286. The molecule has 1 aromatic heterocycles. The molecular weight excluding hydrogens is 550 g/mol. The van der Waals surface area contributed by atoms with E-state index >= 15 is 0 Å². The predicted molar refractivity (Wildman–Crippen MR) is 117 cm³/mol. The minimum atomic E-state index is -5.97. The van der Waals surface area contributed by atoms with Crippen molar-refractivity contribution in [1.29, 1.82) is 0 Å². The highest BCUT2D eigenvalue weighted by Crippen LogP contribution is 2.35. The summed E-state index contributed by atoms with van der Waals surface area (Å²) in [5.41, 5.74) is 3.35. The summed E-state index contributed by atoms with van der Waals surface area (Å²) in [5.74, 6) is -9.06. The lowest BCUT2D eigenvalue weighted by atomic mass is 10.0. The highest BCUT2D eigenvalue weighted by molar-refractivity contribution is 6.30. The van der Waals surface area contributed by atoms with Gasteiger partial charge in [0.2, 0.25) is 0 Å². The zero-order chi connectivity index (χ0) is 28.1. The fourth-order valence-corrected chi connectivity index (χ4v) is 3.13. The summed E-state index contributed by atoms with van der Waals surface area (Å²) >= 11 is 5.91. The molecule has 0 aliphatic heterocycles. The van der Waals surface area contributed by atoms with Crippen LogP contribution in [0.5, 0.6) is 0 Å². The van der Waals surface area contributed by atoms with Crippen molar-refractivity contribution in [2.24, 2.45) is 0 Å². The summed E-state index contributed by atoms with van der Waals surface area (Å²) < 4.78 is 81.0. The number of alkyl halides is 5. The van der Waals surface area contributed by atoms with Gasteiger partial charge >= 0.3 is 24.0 Å². The number of aromatic amines is 1. The summed E-state index contributed by atoms with van der Waals surface area (Å²) in [4.78, 5) is 24.2. The molecule has 0 aliphatic carbocycles. The van der Waals surface area contributed by atoms with Gasteiger partial charge in [0.05, 0.1) is 6.54 Å². The molecule has 3 aromatic rings. The molecule has 10 nitrogen and oxygen atoms in total. The van der Waals surface area contributed by atoms with E-state index in [1.165, 1.54) is 42.5 Å². The van der Waals surface area contributed by atoms with E-state index in [9.17, 15) is 41.0 Å². The van der Waals surface area contributed by atoms with Gasteiger partial charge in [-0.3, -0.25) is 10.2 Å². The molecule has 204 valence electrons. The van der Waals surface area contributed by atoms with Crippen LogP contribution in [0.15, 0.2) is 42.5 Å². The zero-order valence-corrected chi connectivity index (χ0v) is 19.6. The number of ether oxygens (including phenoxy) is 1. The van der Waals surface area contributed by atoms with E-state index in [2.05, 4.69) is 25.6 Å². The van der Waals surface area contributed by atoms with E-state index in [1.807, 2.05) is 5.21 Å². The number of esters is 1. The number of aromatic nitrogens is 4. The number of amides is 1. The van der Waals surface area contributed by atoms with Crippen LogP contribution in [0, 0.1) is 5.82 Å². The van der Waals surface area contributed by atoms with Crippen LogP contribution in [0.2, 0.25) is 5.02 Å². The molecule has 0 aliphatic rings. The standard InChI is InChI=1S/C21H17ClF6N6O4/c22-13-5-6-15(23)14(7-13)12-3-1-11(2-4-12)8-34(31-18(36)17-29-32-33-30-17)9-16(35)19(37)38-10-20(24,25)21(26,27)28/h1-7,16,35H,8-10H2,(H,31,36)(H,29,30,32,33)/t16-/m1/s1. The molecule has 1 heterocycles. The number of aliphatic hydroxyl groups is 1. The molecule has 2 aromatic carbocycles. The number of H-pyrrole nitrogens is 1. The first-order chi connectivity index (χ1) is 17.8. The van der Waals surface area contributed by atoms with Crippen LogP contribution in [0.3, 0.4) is 0 Å². The first-order valence-corrected chi connectivity index (χ1v) is 10.8. The molecule has 3 N–H and O–H groups in total. The van der Waals surface area contributed by atoms with Crippen molar-refractivity contribution < 1.29 is 45.8 Å². The van der Waals surface area contributed by atoms with Gasteiger partial charge in [0.25, 0.3) is 5.82 Å². The topological polar surface area (TPSA) is 133 Å². The number of hydrazine groups is 1. The van der Waals surface area contributed by atoms with Gasteiger partial charge in [0, 0.05) is 17.1 Å². The lowest BCUT2D eigenvalue weighted by Crippen LogP contribution is -2.48. The summed E-state index contributed by atoms with van der Waals surface area (Å²) in [6.07, 6.45) is -8.22. The molecule has 0 fully saturated rings. The van der Waals surface area contributed by atoms with Gasteiger partial charge in [-0.15, -0.1) is 10.2 Å². The maximum atomic E-state index is 14.2. The maximum absolute atomic E-state index is 14.2. The van der Waals surface area contributed by atoms with Crippen LogP contribution in [0.1, 0.15) is 16.2 Å². The first kappa shape index (κ1) is 28.8. The number of tetrazole rings is 1. The largest absolute Gasteiger partial charge is 0.457 e. The number of carbonyl (C=O) groups excluding carboxylic acids is 2. The third-order valence-electron chi connectivity index (χ3n) is 4.85. The Balaban J connectivity index is 1.73. The average molecular weight is 567 g/mol. The highest BCUT2D eigenvalue weighted by Gasteiger charge is 2.58. The van der Waals surface area contributed by atoms with Crippen molar-refractivity contribution in [3.63, 3.8) is 0 Å². The van der Waals surface area contributed by atoms with Gasteiger partial charge in [-0.05, 0) is 34.5 Å². The highest BCUT2D eigenvalue weighted by atomic mass is 35.5. The van der Waals surface area contributed by atoms with Gasteiger partial charge in [0.15, 0.2) is 12.7 Å². The number of nitrogens with one attached hydrogen (secondary N) is 2. The summed E-state index contributed by atoms with van der Waals surface area (Å²) in [6, 6.07) is 10.0. The molecule has 17 heteroatoms. The number of aliphatic hydroxyl groups excluding tert-OH is 1. The lowest BCUT2D eigenvalue weighted by molar-refractivity contribution is -0.294. The van der Waals surface area contributed by atoms with Crippen LogP contribution in [0.4, 0.5) is 26.3 Å². The molecule has 0 saturated carbocycles. The van der Waals surface area contributed by atoms with Gasteiger partial charge in [-0.2, -0.15) is 27.2 Å². The molecule has 1 atom stereocenters. The average Bonchev–Trinajstić information content (AvgIpc) is 3.39. The van der Waals surface area contributed by atoms with Gasteiger partial charge in [-0.25, -0.2) is 14.2 Å². The Hall–Kier alpha value is -3.76. The van der Waals surface area contributed by atoms with Crippen LogP contribution in [-0.2, 0) is 16.1 Å². The number of hydrogen-bond donors (Lipinski definition) is 3. The van der Waals surface area contributed by atoms with E-state index in [-0.39, 0.29) is 12.1 Å². The van der Waals surface area contributed by atoms with Gasteiger partial charge in [0.1, 0.15) is 5.82 Å². The number of hydrogen-bond acceptors (Lipinski definition) is 8. The molecular formula is C21H17ClF6N6O4. The Morgan fingerprint density at radius 3 is 2.42 bits per heavy atom. The lowest BCUT2D eigenvalue weighted by Gasteiger charge is -2.25. The van der Waals surface area contributed by atoms with E-state index in [0.29, 0.717) is 16.1 Å². The maximum Gasteiger partial charge on any atom is 0.456 e. The Kier molecular flexibility index (Phi) is 8.90. The smallest absolute Gasteiger partial charge is 0.456 e. The third-order valence-corrected chi connectivity index (χ3v) is 5.09. The van der Waals surface area contributed by atoms with E-state index in [0.717, 1.165) is 5.01 Å². The van der Waals surface area contributed by atoms with Crippen LogP contribution >= 0.6 is 11.6 Å². The second-order valence-electron chi connectivity index (χ2n) is 7.70. The van der Waals surface area contributed by atoms with Crippen molar-refractivity contribution in [2.45, 2.75) is 24.7 Å². The van der Waals surface area contributed by atoms with Crippen molar-refractivity contribution in [2.75, 3.05) is 13.2 Å². The third kappa shape index (κ3) is 7.39. The van der Waals surface area contributed by atoms with E-state index in [4.69, 9.17) is 11.6 Å². The molecule has 38 heavy (non-hydrogen) atoms.